The summed E-state index contributed by atoms with van der Waals surface area (Å²) in [6.45, 7) is 10.4. The van der Waals surface area contributed by atoms with Crippen LogP contribution in [0.4, 0.5) is 5.82 Å². The monoisotopic (exact) mass is 519 g/mol. The van der Waals surface area contributed by atoms with Gasteiger partial charge in [-0.15, -0.1) is 0 Å². The summed E-state index contributed by atoms with van der Waals surface area (Å²) >= 11 is 6.85. The second kappa shape index (κ2) is 10.2. The molecule has 36 heavy (non-hydrogen) atoms. The number of thiocarbonyl (C=S) groups is 1. The van der Waals surface area contributed by atoms with Gasteiger partial charge in [0, 0.05) is 32.4 Å². The molecule has 3 aromatic rings. The predicted octanol–water partition coefficient (Wildman–Crippen LogP) is 4.11. The van der Waals surface area contributed by atoms with Gasteiger partial charge in [0.25, 0.3) is 11.5 Å². The van der Waals surface area contributed by atoms with E-state index in [-0.39, 0.29) is 17.5 Å². The highest BCUT2D eigenvalue weighted by atomic mass is 32.2. The molecule has 0 saturated carbocycles. The second-order valence-corrected chi connectivity index (χ2v) is 10.8. The number of piperazine rings is 1. The number of aryl methyl sites for hydroxylation is 1. The topological polar surface area (TPSA) is 61.2 Å². The predicted molar refractivity (Wildman–Crippen MR) is 150 cm³/mol. The van der Waals surface area contributed by atoms with Gasteiger partial charge < -0.3 is 9.80 Å². The standard InChI is InChI=1S/C27H29N5O2S2/c1-4-29-12-14-30(15-13-29)24-21(25(33)31-17-18(2)10-11-23(31)28-24)16-22-26(34)32(27(35)36-22)19(3)20-8-6-5-7-9-20/h5-11,16-17,19H,4,12-15H2,1-3H3/b22-16-/t19-/m0/s1. The summed E-state index contributed by atoms with van der Waals surface area (Å²) in [5, 5.41) is 0. The first kappa shape index (κ1) is 24.7. The van der Waals surface area contributed by atoms with E-state index in [1.54, 1.807) is 21.6 Å². The van der Waals surface area contributed by atoms with Crippen molar-refractivity contribution in [3.63, 3.8) is 0 Å². The molecule has 2 aromatic heterocycles. The molecule has 1 aromatic carbocycles. The largest absolute Gasteiger partial charge is 0.353 e. The molecule has 2 aliphatic rings. The molecule has 0 radical (unpaired) electrons. The van der Waals surface area contributed by atoms with Crippen LogP contribution in [0.25, 0.3) is 11.7 Å². The lowest BCUT2D eigenvalue weighted by atomic mass is 10.1. The van der Waals surface area contributed by atoms with E-state index in [1.807, 2.05) is 56.3 Å². The number of hydrogen-bond acceptors (Lipinski definition) is 7. The summed E-state index contributed by atoms with van der Waals surface area (Å²) < 4.78 is 2.06. The number of rotatable bonds is 5. The quantitative estimate of drug-likeness (QED) is 0.371. The lowest BCUT2D eigenvalue weighted by molar-refractivity contribution is -0.123. The first-order valence-corrected chi connectivity index (χ1v) is 13.4. The maximum Gasteiger partial charge on any atom is 0.267 e. The van der Waals surface area contributed by atoms with Gasteiger partial charge in [-0.05, 0) is 43.7 Å². The van der Waals surface area contributed by atoms with Crippen molar-refractivity contribution in [1.82, 2.24) is 19.2 Å². The average molecular weight is 520 g/mol. The number of hydrogen-bond donors (Lipinski definition) is 0. The molecule has 1 amide bonds. The second-order valence-electron chi connectivity index (χ2n) is 9.15. The molecular formula is C27H29N5O2S2. The van der Waals surface area contributed by atoms with E-state index >= 15 is 0 Å². The van der Waals surface area contributed by atoms with Gasteiger partial charge in [-0.3, -0.25) is 18.9 Å². The summed E-state index contributed by atoms with van der Waals surface area (Å²) in [7, 11) is 0. The minimum atomic E-state index is -0.204. The maximum absolute atomic E-state index is 13.8. The molecule has 2 saturated heterocycles. The molecule has 4 heterocycles. The van der Waals surface area contributed by atoms with E-state index in [1.165, 1.54) is 11.8 Å². The molecule has 7 nitrogen and oxygen atoms in total. The highest BCUT2D eigenvalue weighted by molar-refractivity contribution is 8.26. The van der Waals surface area contributed by atoms with Crippen molar-refractivity contribution in [1.29, 1.82) is 0 Å². The molecule has 5 rings (SSSR count). The number of anilines is 1. The zero-order valence-electron chi connectivity index (χ0n) is 20.7. The van der Waals surface area contributed by atoms with Crippen LogP contribution < -0.4 is 10.5 Å². The van der Waals surface area contributed by atoms with Crippen molar-refractivity contribution in [2.45, 2.75) is 26.8 Å². The third-order valence-corrected chi connectivity index (χ3v) is 8.20. The van der Waals surface area contributed by atoms with Crippen molar-refractivity contribution < 1.29 is 4.79 Å². The Morgan fingerprint density at radius 1 is 1.08 bits per heavy atom. The summed E-state index contributed by atoms with van der Waals surface area (Å²) in [6.07, 6.45) is 3.49. The van der Waals surface area contributed by atoms with Crippen LogP contribution in [-0.2, 0) is 4.79 Å². The van der Waals surface area contributed by atoms with Crippen LogP contribution in [0.3, 0.4) is 0 Å². The fourth-order valence-electron chi connectivity index (χ4n) is 4.72. The summed E-state index contributed by atoms with van der Waals surface area (Å²) in [5.41, 5.74) is 2.81. The van der Waals surface area contributed by atoms with E-state index in [2.05, 4.69) is 16.7 Å². The van der Waals surface area contributed by atoms with Crippen LogP contribution in [0.5, 0.6) is 0 Å². The van der Waals surface area contributed by atoms with Crippen LogP contribution in [0.15, 0.2) is 58.4 Å². The Bertz CT molecular complexity index is 1410. The molecule has 2 aliphatic heterocycles. The lowest BCUT2D eigenvalue weighted by Gasteiger charge is -2.35. The highest BCUT2D eigenvalue weighted by Crippen LogP contribution is 2.38. The lowest BCUT2D eigenvalue weighted by Crippen LogP contribution is -2.47. The van der Waals surface area contributed by atoms with Crippen LogP contribution in [0.1, 0.15) is 36.6 Å². The number of thioether (sulfide) groups is 1. The Morgan fingerprint density at radius 2 is 1.81 bits per heavy atom. The molecule has 0 spiro atoms. The Balaban J connectivity index is 1.57. The van der Waals surface area contributed by atoms with Gasteiger partial charge in [0.1, 0.15) is 15.8 Å². The van der Waals surface area contributed by atoms with Crippen LogP contribution in [0.2, 0.25) is 0 Å². The Morgan fingerprint density at radius 3 is 2.50 bits per heavy atom. The minimum absolute atomic E-state index is 0.182. The number of aromatic nitrogens is 2. The van der Waals surface area contributed by atoms with E-state index in [9.17, 15) is 9.59 Å². The van der Waals surface area contributed by atoms with Gasteiger partial charge in [0.15, 0.2) is 0 Å². The summed E-state index contributed by atoms with van der Waals surface area (Å²) in [4.78, 5) is 38.8. The first-order chi connectivity index (χ1) is 17.4. The van der Waals surface area contributed by atoms with Crippen LogP contribution >= 0.6 is 24.0 Å². The van der Waals surface area contributed by atoms with Gasteiger partial charge >= 0.3 is 0 Å². The minimum Gasteiger partial charge on any atom is -0.353 e. The average Bonchev–Trinajstić information content (AvgIpc) is 3.18. The fourth-order valence-corrected chi connectivity index (χ4v) is 6.12. The normalized spacial score (nSPS) is 19.0. The SMILES string of the molecule is CCN1CCN(c2nc3ccc(C)cn3c(=O)c2/C=C2\SC(=S)N([C@@H](C)c3ccccc3)C2=O)CC1. The van der Waals surface area contributed by atoms with E-state index < -0.39 is 0 Å². The highest BCUT2D eigenvalue weighted by Gasteiger charge is 2.36. The number of pyridine rings is 1. The molecule has 1 atom stereocenters. The number of carbonyl (C=O) groups is 1. The molecule has 9 heteroatoms. The number of fused-ring (bicyclic) bond motifs is 1. The van der Waals surface area contributed by atoms with Gasteiger partial charge in [0.2, 0.25) is 0 Å². The number of likely N-dealkylation sites (N-methyl/N-ethyl adjacent to an activating group) is 1. The summed E-state index contributed by atoms with van der Waals surface area (Å²) in [6, 6.07) is 13.4. The Kier molecular flexibility index (Phi) is 6.96. The van der Waals surface area contributed by atoms with E-state index in [0.717, 1.165) is 43.9 Å². The molecular weight excluding hydrogens is 490 g/mol. The zero-order valence-corrected chi connectivity index (χ0v) is 22.3. The van der Waals surface area contributed by atoms with Crippen molar-refractivity contribution in [3.05, 3.63) is 80.6 Å². The van der Waals surface area contributed by atoms with Crippen molar-refractivity contribution in [3.8, 4) is 0 Å². The molecule has 0 aliphatic carbocycles. The number of nitrogens with zero attached hydrogens (tertiary/aromatic N) is 5. The molecule has 2 fully saturated rings. The van der Waals surface area contributed by atoms with Crippen LogP contribution in [-0.4, -0.2) is 62.1 Å². The smallest absolute Gasteiger partial charge is 0.267 e. The molecule has 0 bridgehead atoms. The van der Waals surface area contributed by atoms with Crippen LogP contribution in [0, 0.1) is 6.92 Å². The third-order valence-electron chi connectivity index (χ3n) is 6.87. The fraction of sp³-hybridized carbons (Fsp3) is 0.333. The number of amides is 1. The van der Waals surface area contributed by atoms with Gasteiger partial charge in [-0.25, -0.2) is 4.98 Å². The van der Waals surface area contributed by atoms with E-state index in [0.29, 0.717) is 26.3 Å². The molecule has 0 N–H and O–H groups in total. The first-order valence-electron chi connectivity index (χ1n) is 12.2. The Labute approximate surface area is 220 Å². The zero-order chi connectivity index (χ0) is 25.4. The number of benzene rings is 1. The van der Waals surface area contributed by atoms with E-state index in [4.69, 9.17) is 17.2 Å². The van der Waals surface area contributed by atoms with Gasteiger partial charge in [-0.2, -0.15) is 0 Å². The number of carbonyl (C=O) groups excluding carboxylic acids is 1. The summed E-state index contributed by atoms with van der Waals surface area (Å²) in [5.74, 6) is 0.442. The molecule has 0 unspecified atom stereocenters. The van der Waals surface area contributed by atoms with Gasteiger partial charge in [0.05, 0.1) is 16.5 Å². The van der Waals surface area contributed by atoms with Gasteiger partial charge in [-0.1, -0.05) is 67.3 Å². The maximum atomic E-state index is 13.8. The molecule has 186 valence electrons. The van der Waals surface area contributed by atoms with Crippen molar-refractivity contribution >= 4 is 51.7 Å². The third kappa shape index (κ3) is 4.58. The van der Waals surface area contributed by atoms with Crippen molar-refractivity contribution in [2.75, 3.05) is 37.6 Å². The van der Waals surface area contributed by atoms with Crippen molar-refractivity contribution in [2.24, 2.45) is 0 Å². The Hall–Kier alpha value is -3.01.